The van der Waals surface area contributed by atoms with E-state index in [4.69, 9.17) is 4.74 Å². The number of urea groups is 1. The lowest BCUT2D eigenvalue weighted by atomic mass is 10.2. The van der Waals surface area contributed by atoms with Crippen LogP contribution in [0.1, 0.15) is 12.5 Å². The second-order valence-corrected chi connectivity index (χ2v) is 6.72. The van der Waals surface area contributed by atoms with Crippen LogP contribution in [0.5, 0.6) is 5.75 Å². The lowest BCUT2D eigenvalue weighted by molar-refractivity contribution is 0.251. The Morgan fingerprint density at radius 2 is 1.67 bits per heavy atom. The van der Waals surface area contributed by atoms with Crippen molar-refractivity contribution < 1.29 is 9.53 Å². The Morgan fingerprint density at radius 3 is 2.30 bits per heavy atom. The molecule has 1 heterocycles. The second-order valence-electron chi connectivity index (χ2n) is 6.72. The molecule has 0 aliphatic carbocycles. The van der Waals surface area contributed by atoms with Gasteiger partial charge in [0.05, 0.1) is 6.61 Å². The number of carbonyl (C=O) groups excluding carboxylic acids is 1. The fourth-order valence-electron chi connectivity index (χ4n) is 3.05. The number of hydrogen-bond donors (Lipinski definition) is 2. The first-order valence-corrected chi connectivity index (χ1v) is 9.44. The van der Waals surface area contributed by atoms with E-state index in [1.807, 2.05) is 43.3 Å². The van der Waals surface area contributed by atoms with Crippen LogP contribution in [0.25, 0.3) is 0 Å². The molecule has 1 fully saturated rings. The summed E-state index contributed by atoms with van der Waals surface area (Å²) in [5.74, 6) is 0.839. The van der Waals surface area contributed by atoms with Crippen LogP contribution in [0.15, 0.2) is 48.5 Å². The number of ether oxygens (including phenoxy) is 1. The van der Waals surface area contributed by atoms with Crippen LogP contribution in [0, 0.1) is 0 Å². The minimum atomic E-state index is -0.212. The van der Waals surface area contributed by atoms with Gasteiger partial charge in [-0.3, -0.25) is 0 Å². The summed E-state index contributed by atoms with van der Waals surface area (Å²) < 4.78 is 5.42. The maximum absolute atomic E-state index is 12.1. The molecule has 27 heavy (non-hydrogen) atoms. The van der Waals surface area contributed by atoms with Crippen LogP contribution in [-0.2, 0) is 6.54 Å². The lowest BCUT2D eigenvalue weighted by Gasteiger charge is -2.34. The van der Waals surface area contributed by atoms with E-state index in [1.165, 1.54) is 5.69 Å². The maximum atomic E-state index is 12.1. The third-order valence-electron chi connectivity index (χ3n) is 4.68. The number of nitrogens with zero attached hydrogens (tertiary/aromatic N) is 2. The summed E-state index contributed by atoms with van der Waals surface area (Å²) in [6.45, 7) is 7.29. The summed E-state index contributed by atoms with van der Waals surface area (Å²) in [4.78, 5) is 16.8. The second kappa shape index (κ2) is 9.28. The number of amides is 2. The van der Waals surface area contributed by atoms with E-state index in [9.17, 15) is 4.79 Å². The molecule has 2 amide bonds. The normalized spacial score (nSPS) is 14.7. The zero-order valence-electron chi connectivity index (χ0n) is 16.1. The number of carbonyl (C=O) groups is 1. The number of hydrogen-bond acceptors (Lipinski definition) is 4. The zero-order chi connectivity index (χ0) is 19.1. The summed E-state index contributed by atoms with van der Waals surface area (Å²) in [6, 6.07) is 15.5. The molecule has 3 rings (SSSR count). The Labute approximate surface area is 161 Å². The molecule has 6 nitrogen and oxygen atoms in total. The lowest BCUT2D eigenvalue weighted by Crippen LogP contribution is -2.44. The number of nitrogens with one attached hydrogen (secondary N) is 2. The van der Waals surface area contributed by atoms with Crippen molar-refractivity contribution in [2.24, 2.45) is 0 Å². The standard InChI is InChI=1S/C21H28N4O2/c1-3-27-20-10-4-17(5-11-20)16-22-21(26)23-18-6-8-19(9-7-18)25-14-12-24(2)13-15-25/h4-11H,3,12-16H2,1-2H3,(H2,22,23,26). The maximum Gasteiger partial charge on any atom is 0.319 e. The van der Waals surface area contributed by atoms with Crippen molar-refractivity contribution in [2.45, 2.75) is 13.5 Å². The molecular formula is C21H28N4O2. The van der Waals surface area contributed by atoms with Crippen LogP contribution >= 0.6 is 0 Å². The third-order valence-corrected chi connectivity index (χ3v) is 4.68. The molecule has 2 aromatic rings. The molecule has 6 heteroatoms. The van der Waals surface area contributed by atoms with Crippen LogP contribution in [0.4, 0.5) is 16.2 Å². The Morgan fingerprint density at radius 1 is 1.00 bits per heavy atom. The van der Waals surface area contributed by atoms with Gasteiger partial charge in [0.2, 0.25) is 0 Å². The van der Waals surface area contributed by atoms with Crippen molar-refractivity contribution in [3.05, 3.63) is 54.1 Å². The first kappa shape index (κ1) is 19.0. The molecule has 1 aliphatic rings. The highest BCUT2D eigenvalue weighted by Crippen LogP contribution is 2.19. The third kappa shape index (κ3) is 5.62. The predicted molar refractivity (Wildman–Crippen MR) is 110 cm³/mol. The van der Waals surface area contributed by atoms with Crippen LogP contribution < -0.4 is 20.3 Å². The largest absolute Gasteiger partial charge is 0.494 e. The Balaban J connectivity index is 1.46. The van der Waals surface area contributed by atoms with Gasteiger partial charge in [0.15, 0.2) is 0 Å². The van der Waals surface area contributed by atoms with Crippen LogP contribution in [0.2, 0.25) is 0 Å². The first-order chi connectivity index (χ1) is 13.1. The molecule has 0 spiro atoms. The molecule has 1 aliphatic heterocycles. The molecule has 2 aromatic carbocycles. The number of benzene rings is 2. The average molecular weight is 368 g/mol. The molecule has 0 radical (unpaired) electrons. The van der Waals surface area contributed by atoms with Gasteiger partial charge in [0.1, 0.15) is 5.75 Å². The minimum Gasteiger partial charge on any atom is -0.494 e. The molecule has 2 N–H and O–H groups in total. The summed E-state index contributed by atoms with van der Waals surface area (Å²) in [6.07, 6.45) is 0. The van der Waals surface area contributed by atoms with Gasteiger partial charge in [-0.15, -0.1) is 0 Å². The fraction of sp³-hybridized carbons (Fsp3) is 0.381. The Kier molecular flexibility index (Phi) is 6.54. The molecule has 0 aromatic heterocycles. The molecule has 144 valence electrons. The molecule has 0 unspecified atom stereocenters. The minimum absolute atomic E-state index is 0.212. The molecule has 0 saturated carbocycles. The Bertz CT molecular complexity index is 723. The van der Waals surface area contributed by atoms with Gasteiger partial charge >= 0.3 is 6.03 Å². The SMILES string of the molecule is CCOc1ccc(CNC(=O)Nc2ccc(N3CCN(C)CC3)cc2)cc1. The summed E-state index contributed by atoms with van der Waals surface area (Å²) in [7, 11) is 2.15. The summed E-state index contributed by atoms with van der Waals surface area (Å²) in [5.41, 5.74) is 3.01. The quantitative estimate of drug-likeness (QED) is 0.822. The van der Waals surface area contributed by atoms with Crippen molar-refractivity contribution in [1.29, 1.82) is 0 Å². The van der Waals surface area contributed by atoms with E-state index < -0.39 is 0 Å². The summed E-state index contributed by atoms with van der Waals surface area (Å²) >= 11 is 0. The van der Waals surface area contributed by atoms with Gasteiger partial charge in [-0.05, 0) is 55.9 Å². The van der Waals surface area contributed by atoms with E-state index >= 15 is 0 Å². The molecule has 1 saturated heterocycles. The average Bonchev–Trinajstić information content (AvgIpc) is 2.69. The highest BCUT2D eigenvalue weighted by Gasteiger charge is 2.14. The van der Waals surface area contributed by atoms with E-state index in [2.05, 4.69) is 39.6 Å². The van der Waals surface area contributed by atoms with Gasteiger partial charge in [0, 0.05) is 44.1 Å². The van der Waals surface area contributed by atoms with Crippen LogP contribution in [0.3, 0.4) is 0 Å². The van der Waals surface area contributed by atoms with E-state index in [0.717, 1.165) is 43.2 Å². The molecule has 0 bridgehead atoms. The first-order valence-electron chi connectivity index (χ1n) is 9.44. The number of rotatable bonds is 6. The fourth-order valence-corrected chi connectivity index (χ4v) is 3.05. The van der Waals surface area contributed by atoms with E-state index in [-0.39, 0.29) is 6.03 Å². The van der Waals surface area contributed by atoms with Crippen molar-refractivity contribution in [3.8, 4) is 5.75 Å². The van der Waals surface area contributed by atoms with Gasteiger partial charge in [-0.25, -0.2) is 4.79 Å². The predicted octanol–water partition coefficient (Wildman–Crippen LogP) is 3.16. The van der Waals surface area contributed by atoms with Crippen molar-refractivity contribution in [2.75, 3.05) is 50.1 Å². The van der Waals surface area contributed by atoms with Gasteiger partial charge < -0.3 is 25.2 Å². The molecular weight excluding hydrogens is 340 g/mol. The number of anilines is 2. The van der Waals surface area contributed by atoms with Gasteiger partial charge in [-0.1, -0.05) is 12.1 Å². The highest BCUT2D eigenvalue weighted by molar-refractivity contribution is 5.89. The van der Waals surface area contributed by atoms with Gasteiger partial charge in [0.25, 0.3) is 0 Å². The number of piperazine rings is 1. The number of likely N-dealkylation sites (N-methyl/N-ethyl adjacent to an activating group) is 1. The zero-order valence-corrected chi connectivity index (χ0v) is 16.1. The van der Waals surface area contributed by atoms with E-state index in [1.54, 1.807) is 0 Å². The van der Waals surface area contributed by atoms with E-state index in [0.29, 0.717) is 13.2 Å². The monoisotopic (exact) mass is 368 g/mol. The van der Waals surface area contributed by atoms with Crippen molar-refractivity contribution in [3.63, 3.8) is 0 Å². The smallest absolute Gasteiger partial charge is 0.319 e. The van der Waals surface area contributed by atoms with Crippen LogP contribution in [-0.4, -0.2) is 50.8 Å². The highest BCUT2D eigenvalue weighted by atomic mass is 16.5. The van der Waals surface area contributed by atoms with Crippen molar-refractivity contribution in [1.82, 2.24) is 10.2 Å². The summed E-state index contributed by atoms with van der Waals surface area (Å²) in [5, 5.41) is 5.75. The Hall–Kier alpha value is -2.73. The topological polar surface area (TPSA) is 56.8 Å². The van der Waals surface area contributed by atoms with Crippen molar-refractivity contribution >= 4 is 17.4 Å². The van der Waals surface area contributed by atoms with Gasteiger partial charge in [-0.2, -0.15) is 0 Å². The molecule has 0 atom stereocenters.